The van der Waals surface area contributed by atoms with Gasteiger partial charge in [-0.15, -0.1) is 0 Å². The Morgan fingerprint density at radius 3 is 2.52 bits per heavy atom. The zero-order valence-electron chi connectivity index (χ0n) is 15.2. The molecule has 1 saturated heterocycles. The highest BCUT2D eigenvalue weighted by atomic mass is 32.2. The number of amides is 3. The highest BCUT2D eigenvalue weighted by Gasteiger charge is 2.29. The molecule has 0 saturated carbocycles. The van der Waals surface area contributed by atoms with E-state index in [1.54, 1.807) is 24.3 Å². The van der Waals surface area contributed by atoms with Crippen molar-refractivity contribution in [1.82, 2.24) is 10.2 Å². The van der Waals surface area contributed by atoms with Crippen LogP contribution in [0.25, 0.3) is 0 Å². The number of benzene rings is 1. The molecule has 0 aliphatic carbocycles. The molecular weight excluding hydrogens is 372 g/mol. The van der Waals surface area contributed by atoms with Gasteiger partial charge in [0.1, 0.15) is 0 Å². The van der Waals surface area contributed by atoms with E-state index in [9.17, 15) is 19.2 Å². The molecule has 2 rings (SSSR count). The van der Waals surface area contributed by atoms with E-state index in [-0.39, 0.29) is 36.1 Å². The minimum absolute atomic E-state index is 0.101. The topological polar surface area (TPSA) is 102 Å². The first-order valence-electron chi connectivity index (χ1n) is 8.48. The molecule has 1 aromatic carbocycles. The third-order valence-corrected chi connectivity index (χ3v) is 4.46. The van der Waals surface area contributed by atoms with Crippen molar-refractivity contribution in [3.8, 4) is 0 Å². The molecule has 0 atom stereocenters. The summed E-state index contributed by atoms with van der Waals surface area (Å²) in [5.74, 6) is -1.25. The van der Waals surface area contributed by atoms with Gasteiger partial charge >= 0.3 is 5.97 Å². The van der Waals surface area contributed by atoms with Gasteiger partial charge in [-0.3, -0.25) is 19.3 Å². The van der Waals surface area contributed by atoms with Crippen LogP contribution >= 0.6 is 11.8 Å². The van der Waals surface area contributed by atoms with Gasteiger partial charge in [-0.1, -0.05) is 23.9 Å². The molecule has 0 unspecified atom stereocenters. The molecule has 1 fully saturated rings. The van der Waals surface area contributed by atoms with Crippen molar-refractivity contribution in [3.63, 3.8) is 0 Å². The van der Waals surface area contributed by atoms with Crippen molar-refractivity contribution in [2.75, 3.05) is 25.4 Å². The summed E-state index contributed by atoms with van der Waals surface area (Å²) in [4.78, 5) is 47.6. The maximum Gasteiger partial charge on any atom is 0.338 e. The Morgan fingerprint density at radius 1 is 1.22 bits per heavy atom. The number of hydrogen-bond acceptors (Lipinski definition) is 7. The van der Waals surface area contributed by atoms with Crippen molar-refractivity contribution in [3.05, 3.63) is 35.4 Å². The molecule has 9 heteroatoms. The Kier molecular flexibility index (Phi) is 7.81. The summed E-state index contributed by atoms with van der Waals surface area (Å²) >= 11 is 0.937. The van der Waals surface area contributed by atoms with E-state index >= 15 is 0 Å². The molecule has 1 N–H and O–H groups in total. The number of thioether (sulfide) groups is 1. The molecular formula is C18H22N2O6S. The maximum atomic E-state index is 12.0. The fraction of sp³-hybridized carbons (Fsp3) is 0.444. The standard InChI is InChI=1S/C18H22N2O6S/c1-12(2)25-9-13-3-5-14(6-4-13)17(23)26-10-15(21)19-7-8-20-16(22)11-27-18(20)24/h3-6,12H,7-11H2,1-2H3,(H,19,21). The third-order valence-electron chi connectivity index (χ3n) is 3.61. The fourth-order valence-corrected chi connectivity index (χ4v) is 2.92. The second-order valence-corrected chi connectivity index (χ2v) is 7.01. The monoisotopic (exact) mass is 394 g/mol. The van der Waals surface area contributed by atoms with Crippen LogP contribution in [0.5, 0.6) is 0 Å². The number of esters is 1. The minimum atomic E-state index is -0.609. The average molecular weight is 394 g/mol. The number of carbonyl (C=O) groups excluding carboxylic acids is 4. The van der Waals surface area contributed by atoms with Crippen LogP contribution in [0.3, 0.4) is 0 Å². The van der Waals surface area contributed by atoms with E-state index in [4.69, 9.17) is 9.47 Å². The van der Waals surface area contributed by atoms with E-state index in [2.05, 4.69) is 5.32 Å². The van der Waals surface area contributed by atoms with Gasteiger partial charge in [0.25, 0.3) is 11.1 Å². The predicted octanol–water partition coefficient (Wildman–Crippen LogP) is 1.58. The van der Waals surface area contributed by atoms with Gasteiger partial charge in [-0.25, -0.2) is 4.79 Å². The second-order valence-electron chi connectivity index (χ2n) is 6.08. The molecule has 3 amide bonds. The van der Waals surface area contributed by atoms with Gasteiger partial charge in [-0.2, -0.15) is 0 Å². The normalized spacial score (nSPS) is 14.0. The Hall–Kier alpha value is -2.39. The van der Waals surface area contributed by atoms with Crippen LogP contribution in [0.15, 0.2) is 24.3 Å². The lowest BCUT2D eigenvalue weighted by Crippen LogP contribution is -2.38. The number of imide groups is 1. The first kappa shape index (κ1) is 20.9. The van der Waals surface area contributed by atoms with Crippen molar-refractivity contribution in [2.45, 2.75) is 26.6 Å². The average Bonchev–Trinajstić information content (AvgIpc) is 2.96. The van der Waals surface area contributed by atoms with E-state index in [0.29, 0.717) is 12.2 Å². The molecule has 0 radical (unpaired) electrons. The first-order chi connectivity index (χ1) is 12.9. The third kappa shape index (κ3) is 6.69. The first-order valence-corrected chi connectivity index (χ1v) is 9.47. The van der Waals surface area contributed by atoms with Crippen LogP contribution in [0, 0.1) is 0 Å². The lowest BCUT2D eigenvalue weighted by molar-refractivity contribution is -0.126. The molecule has 8 nitrogen and oxygen atoms in total. The maximum absolute atomic E-state index is 12.0. The van der Waals surface area contributed by atoms with Crippen LogP contribution < -0.4 is 5.32 Å². The number of nitrogens with zero attached hydrogens (tertiary/aromatic N) is 1. The lowest BCUT2D eigenvalue weighted by atomic mass is 10.1. The van der Waals surface area contributed by atoms with Gasteiger partial charge in [0.05, 0.1) is 24.0 Å². The molecule has 27 heavy (non-hydrogen) atoms. The van der Waals surface area contributed by atoms with Crippen molar-refractivity contribution in [2.24, 2.45) is 0 Å². The zero-order chi connectivity index (χ0) is 19.8. The van der Waals surface area contributed by atoms with Crippen LogP contribution in [0.1, 0.15) is 29.8 Å². The molecule has 1 aromatic rings. The van der Waals surface area contributed by atoms with Gasteiger partial charge in [0, 0.05) is 13.1 Å². The van der Waals surface area contributed by atoms with E-state index in [0.717, 1.165) is 22.2 Å². The van der Waals surface area contributed by atoms with Gasteiger partial charge in [-0.05, 0) is 31.5 Å². The lowest BCUT2D eigenvalue weighted by Gasteiger charge is -2.13. The highest BCUT2D eigenvalue weighted by Crippen LogP contribution is 2.17. The smallest absolute Gasteiger partial charge is 0.338 e. The zero-order valence-corrected chi connectivity index (χ0v) is 16.0. The summed E-state index contributed by atoms with van der Waals surface area (Å²) in [6, 6.07) is 6.76. The molecule has 1 aliphatic rings. The van der Waals surface area contributed by atoms with Gasteiger partial charge in [0.15, 0.2) is 6.61 Å². The highest BCUT2D eigenvalue weighted by molar-refractivity contribution is 8.14. The van der Waals surface area contributed by atoms with Crippen LogP contribution in [0.4, 0.5) is 4.79 Å². The molecule has 146 valence electrons. The Bertz CT molecular complexity index is 688. The van der Waals surface area contributed by atoms with E-state index in [1.165, 1.54) is 0 Å². The SMILES string of the molecule is CC(C)OCc1ccc(C(=O)OCC(=O)NCCN2C(=O)CSC2=O)cc1. The summed E-state index contributed by atoms with van der Waals surface area (Å²) < 4.78 is 10.4. The summed E-state index contributed by atoms with van der Waals surface area (Å²) in [6.45, 7) is 4.11. The molecule has 1 heterocycles. The predicted molar refractivity (Wildman–Crippen MR) is 99.2 cm³/mol. The van der Waals surface area contributed by atoms with Gasteiger partial charge < -0.3 is 14.8 Å². The van der Waals surface area contributed by atoms with Crippen LogP contribution in [-0.4, -0.2) is 59.5 Å². The van der Waals surface area contributed by atoms with E-state index in [1.807, 2.05) is 13.8 Å². The van der Waals surface area contributed by atoms with Gasteiger partial charge in [0.2, 0.25) is 5.91 Å². The van der Waals surface area contributed by atoms with E-state index < -0.39 is 18.5 Å². The fourth-order valence-electron chi connectivity index (χ4n) is 2.17. The number of nitrogens with one attached hydrogen (secondary N) is 1. The largest absolute Gasteiger partial charge is 0.452 e. The van der Waals surface area contributed by atoms with Crippen LogP contribution in [0.2, 0.25) is 0 Å². The quantitative estimate of drug-likeness (QED) is 0.635. The number of carbonyl (C=O) groups is 4. The summed E-state index contributed by atoms with van der Waals surface area (Å²) in [7, 11) is 0. The summed E-state index contributed by atoms with van der Waals surface area (Å²) in [6.07, 6.45) is 0.119. The summed E-state index contributed by atoms with van der Waals surface area (Å²) in [5.41, 5.74) is 1.27. The minimum Gasteiger partial charge on any atom is -0.452 e. The van der Waals surface area contributed by atoms with Crippen molar-refractivity contribution < 1.29 is 28.7 Å². The second kappa shape index (κ2) is 10.1. The summed E-state index contributed by atoms with van der Waals surface area (Å²) in [5, 5.41) is 2.19. The molecule has 0 spiro atoms. The number of rotatable bonds is 9. The Labute approximate surface area is 161 Å². The Morgan fingerprint density at radius 2 is 1.93 bits per heavy atom. The molecule has 1 aliphatic heterocycles. The van der Waals surface area contributed by atoms with Crippen LogP contribution in [-0.2, 0) is 25.7 Å². The number of hydrogen-bond donors (Lipinski definition) is 1. The molecule has 0 aromatic heterocycles. The van der Waals surface area contributed by atoms with Crippen molar-refractivity contribution >= 4 is 34.8 Å². The number of ether oxygens (including phenoxy) is 2. The van der Waals surface area contributed by atoms with Crippen molar-refractivity contribution in [1.29, 1.82) is 0 Å². The molecule has 0 bridgehead atoms. The Balaban J connectivity index is 1.69.